The molecule has 6 nitrogen and oxygen atoms in total. The molecule has 1 atom stereocenters. The second-order valence-corrected chi connectivity index (χ2v) is 5.41. The Kier molecular flexibility index (Phi) is 6.04. The third-order valence-corrected chi connectivity index (χ3v) is 4.00. The van der Waals surface area contributed by atoms with E-state index in [4.69, 9.17) is 9.47 Å². The molecule has 1 aliphatic heterocycles. The maximum Gasteiger partial charge on any atom is 0.410 e. The van der Waals surface area contributed by atoms with Crippen LogP contribution in [0.3, 0.4) is 0 Å². The lowest BCUT2D eigenvalue weighted by molar-refractivity contribution is 0.0502. The van der Waals surface area contributed by atoms with Crippen LogP contribution in [0.15, 0.2) is 12.4 Å². The lowest BCUT2D eigenvalue weighted by Crippen LogP contribution is -2.44. The molecular weight excluding hydrogens is 270 g/mol. The van der Waals surface area contributed by atoms with Crippen molar-refractivity contribution < 1.29 is 14.3 Å². The monoisotopic (exact) mass is 295 g/mol. The molecule has 0 aromatic carbocycles. The van der Waals surface area contributed by atoms with Gasteiger partial charge in [0.2, 0.25) is 0 Å². The van der Waals surface area contributed by atoms with Gasteiger partial charge in [0.1, 0.15) is 12.4 Å². The number of amides is 1. The molecular formula is C15H25N3O3. The highest BCUT2D eigenvalue weighted by atomic mass is 16.6. The first kappa shape index (κ1) is 15.8. The van der Waals surface area contributed by atoms with Gasteiger partial charge in [-0.05, 0) is 32.6 Å². The van der Waals surface area contributed by atoms with Gasteiger partial charge >= 0.3 is 6.09 Å². The van der Waals surface area contributed by atoms with Crippen LogP contribution in [0.25, 0.3) is 0 Å². The molecule has 21 heavy (non-hydrogen) atoms. The number of methoxy groups -OCH3 is 1. The van der Waals surface area contributed by atoms with E-state index >= 15 is 0 Å². The number of aryl methyl sites for hydroxylation is 2. The summed E-state index contributed by atoms with van der Waals surface area (Å²) in [7, 11) is 1.60. The highest BCUT2D eigenvalue weighted by molar-refractivity contribution is 5.68. The fraction of sp³-hybridized carbons (Fsp3) is 0.733. The summed E-state index contributed by atoms with van der Waals surface area (Å²) < 4.78 is 12.3. The largest absolute Gasteiger partial charge is 0.447 e. The average molecular weight is 295 g/mol. The van der Waals surface area contributed by atoms with Gasteiger partial charge < -0.3 is 18.9 Å². The van der Waals surface area contributed by atoms with Gasteiger partial charge in [-0.15, -0.1) is 0 Å². The van der Waals surface area contributed by atoms with Crippen LogP contribution in [-0.4, -0.2) is 53.5 Å². The summed E-state index contributed by atoms with van der Waals surface area (Å²) in [5.41, 5.74) is 0. The summed E-state index contributed by atoms with van der Waals surface area (Å²) in [5.74, 6) is 1.01. The van der Waals surface area contributed by atoms with Crippen molar-refractivity contribution in [2.24, 2.45) is 0 Å². The van der Waals surface area contributed by atoms with Gasteiger partial charge in [0.15, 0.2) is 0 Å². The van der Waals surface area contributed by atoms with E-state index < -0.39 is 0 Å². The molecule has 0 spiro atoms. The van der Waals surface area contributed by atoms with Crippen molar-refractivity contribution in [3.63, 3.8) is 0 Å². The third kappa shape index (κ3) is 4.46. The minimum atomic E-state index is -0.209. The molecule has 1 aromatic heterocycles. The molecule has 0 unspecified atom stereocenters. The van der Waals surface area contributed by atoms with Crippen LogP contribution in [0.1, 0.15) is 31.5 Å². The average Bonchev–Trinajstić information content (AvgIpc) is 2.91. The van der Waals surface area contributed by atoms with Crippen LogP contribution < -0.4 is 0 Å². The topological polar surface area (TPSA) is 56.6 Å². The molecule has 0 aliphatic carbocycles. The normalized spacial score (nSPS) is 18.8. The summed E-state index contributed by atoms with van der Waals surface area (Å²) in [4.78, 5) is 18.2. The minimum Gasteiger partial charge on any atom is -0.447 e. The van der Waals surface area contributed by atoms with Gasteiger partial charge in [0.05, 0.1) is 6.61 Å². The van der Waals surface area contributed by atoms with Crippen molar-refractivity contribution in [2.75, 3.05) is 26.9 Å². The number of nitrogens with zero attached hydrogens (tertiary/aromatic N) is 3. The predicted molar refractivity (Wildman–Crippen MR) is 79.2 cm³/mol. The summed E-state index contributed by atoms with van der Waals surface area (Å²) in [6.07, 6.45) is 7.81. The quantitative estimate of drug-likeness (QED) is 0.755. The van der Waals surface area contributed by atoms with Gasteiger partial charge in [0, 0.05) is 38.6 Å². The zero-order chi connectivity index (χ0) is 15.1. The number of ether oxygens (including phenoxy) is 2. The third-order valence-electron chi connectivity index (χ3n) is 4.00. The lowest BCUT2D eigenvalue weighted by atomic mass is 10.00. The van der Waals surface area contributed by atoms with E-state index in [1.807, 2.05) is 24.2 Å². The molecule has 6 heteroatoms. The van der Waals surface area contributed by atoms with E-state index in [2.05, 4.69) is 9.55 Å². The Morgan fingerprint density at radius 2 is 2.29 bits per heavy atom. The van der Waals surface area contributed by atoms with Crippen molar-refractivity contribution in [2.45, 2.75) is 45.2 Å². The number of hydrogen-bond acceptors (Lipinski definition) is 4. The fourth-order valence-electron chi connectivity index (χ4n) is 2.76. The molecule has 2 rings (SSSR count). The zero-order valence-electron chi connectivity index (χ0n) is 13.0. The maximum absolute atomic E-state index is 12.1. The van der Waals surface area contributed by atoms with Crippen molar-refractivity contribution in [1.29, 1.82) is 0 Å². The van der Waals surface area contributed by atoms with Gasteiger partial charge in [0.25, 0.3) is 0 Å². The van der Waals surface area contributed by atoms with E-state index in [9.17, 15) is 4.79 Å². The van der Waals surface area contributed by atoms with Crippen LogP contribution in [0.4, 0.5) is 4.79 Å². The van der Waals surface area contributed by atoms with Crippen molar-refractivity contribution >= 4 is 6.09 Å². The Balaban J connectivity index is 1.86. The summed E-state index contributed by atoms with van der Waals surface area (Å²) in [6, 6.07) is 0.260. The Morgan fingerprint density at radius 3 is 3.00 bits per heavy atom. The summed E-state index contributed by atoms with van der Waals surface area (Å²) in [6.45, 7) is 4.44. The molecule has 1 aromatic rings. The number of imidazole rings is 1. The van der Waals surface area contributed by atoms with Crippen LogP contribution in [0.5, 0.6) is 0 Å². The predicted octanol–water partition coefficient (Wildman–Crippen LogP) is 2.22. The molecule has 0 N–H and O–H groups in total. The van der Waals surface area contributed by atoms with Gasteiger partial charge in [-0.1, -0.05) is 0 Å². The molecule has 2 heterocycles. The number of likely N-dealkylation sites (tertiary alicyclic amines) is 1. The van der Waals surface area contributed by atoms with Crippen LogP contribution in [-0.2, 0) is 16.0 Å². The van der Waals surface area contributed by atoms with E-state index in [0.717, 1.165) is 38.2 Å². The number of hydrogen-bond donors (Lipinski definition) is 0. The smallest absolute Gasteiger partial charge is 0.410 e. The van der Waals surface area contributed by atoms with Gasteiger partial charge in [-0.25, -0.2) is 9.78 Å². The number of aromatic nitrogens is 2. The maximum atomic E-state index is 12.1. The summed E-state index contributed by atoms with van der Waals surface area (Å²) in [5, 5.41) is 0. The van der Waals surface area contributed by atoms with Crippen LogP contribution in [0, 0.1) is 6.92 Å². The molecule has 1 fully saturated rings. The summed E-state index contributed by atoms with van der Waals surface area (Å²) >= 11 is 0. The van der Waals surface area contributed by atoms with Gasteiger partial charge in [-0.3, -0.25) is 0 Å². The first-order valence-corrected chi connectivity index (χ1v) is 7.62. The number of piperidine rings is 1. The molecule has 1 amide bonds. The fourth-order valence-corrected chi connectivity index (χ4v) is 2.76. The second kappa shape index (κ2) is 8.02. The van der Waals surface area contributed by atoms with Crippen molar-refractivity contribution in [3.05, 3.63) is 18.2 Å². The van der Waals surface area contributed by atoms with E-state index in [-0.39, 0.29) is 12.1 Å². The molecule has 0 bridgehead atoms. The van der Waals surface area contributed by atoms with E-state index in [1.165, 1.54) is 6.42 Å². The Labute approximate surface area is 126 Å². The van der Waals surface area contributed by atoms with Crippen molar-refractivity contribution in [1.82, 2.24) is 14.5 Å². The van der Waals surface area contributed by atoms with Gasteiger partial charge in [-0.2, -0.15) is 0 Å². The standard InChI is InChI=1S/C15H25N3O3/c1-13-16-7-10-17(13)9-6-14-5-3-4-8-18(14)15(19)21-12-11-20-2/h7,10,14H,3-6,8-9,11-12H2,1-2H3/t14-/m1/s1. The highest BCUT2D eigenvalue weighted by Crippen LogP contribution is 2.21. The molecule has 0 radical (unpaired) electrons. The first-order valence-electron chi connectivity index (χ1n) is 7.62. The van der Waals surface area contributed by atoms with Crippen LogP contribution >= 0.6 is 0 Å². The number of carbonyl (C=O) groups excluding carboxylic acids is 1. The molecule has 1 saturated heterocycles. The SMILES string of the molecule is COCCOC(=O)N1CCCC[C@@H]1CCn1ccnc1C. The van der Waals surface area contributed by atoms with Crippen LogP contribution in [0.2, 0.25) is 0 Å². The second-order valence-electron chi connectivity index (χ2n) is 5.41. The number of rotatable bonds is 6. The lowest BCUT2D eigenvalue weighted by Gasteiger charge is -2.35. The molecule has 1 aliphatic rings. The van der Waals surface area contributed by atoms with E-state index in [1.54, 1.807) is 7.11 Å². The molecule has 0 saturated carbocycles. The Morgan fingerprint density at radius 1 is 1.43 bits per heavy atom. The zero-order valence-corrected chi connectivity index (χ0v) is 13.0. The first-order chi connectivity index (χ1) is 10.2. The Hall–Kier alpha value is -1.56. The minimum absolute atomic E-state index is 0.209. The molecule has 118 valence electrons. The highest BCUT2D eigenvalue weighted by Gasteiger charge is 2.27. The van der Waals surface area contributed by atoms with E-state index in [0.29, 0.717) is 13.2 Å². The van der Waals surface area contributed by atoms with Crippen molar-refractivity contribution in [3.8, 4) is 0 Å². The Bertz CT molecular complexity index is 447. The number of carbonyl (C=O) groups is 1.